The van der Waals surface area contributed by atoms with Gasteiger partial charge >= 0.3 is 5.97 Å². The highest BCUT2D eigenvalue weighted by atomic mass is 16.7. The number of carbonyl (C=O) groups is 1. The maximum Gasteiger partial charge on any atom is 0.306 e. The van der Waals surface area contributed by atoms with E-state index in [1.54, 1.807) is 0 Å². The van der Waals surface area contributed by atoms with Crippen LogP contribution in [0.3, 0.4) is 0 Å². The maximum atomic E-state index is 11.0. The predicted molar refractivity (Wildman–Crippen MR) is 60.1 cm³/mol. The normalized spacial score (nSPS) is 25.0. The van der Waals surface area contributed by atoms with E-state index < -0.39 is 17.7 Å². The molecule has 0 radical (unpaired) electrons. The van der Waals surface area contributed by atoms with Gasteiger partial charge in [-0.15, -0.1) is 0 Å². The number of ether oxygens (including phenoxy) is 2. The molecule has 16 heavy (non-hydrogen) atoms. The smallest absolute Gasteiger partial charge is 0.306 e. The SMILES string of the molecule is CCC(CC1(C)OCC(C)(C)CO1)C(=O)O. The molecule has 0 amide bonds. The van der Waals surface area contributed by atoms with Crippen molar-refractivity contribution in [1.82, 2.24) is 0 Å². The van der Waals surface area contributed by atoms with Crippen molar-refractivity contribution < 1.29 is 19.4 Å². The first kappa shape index (κ1) is 13.5. The molecule has 94 valence electrons. The Labute approximate surface area is 96.9 Å². The van der Waals surface area contributed by atoms with Crippen LogP contribution < -0.4 is 0 Å². The number of aliphatic carboxylic acids is 1. The summed E-state index contributed by atoms with van der Waals surface area (Å²) in [5.41, 5.74) is 0.0183. The minimum atomic E-state index is -0.777. The summed E-state index contributed by atoms with van der Waals surface area (Å²) in [6.07, 6.45) is 1.01. The molecule has 0 aromatic rings. The summed E-state index contributed by atoms with van der Waals surface area (Å²) < 4.78 is 11.4. The molecule has 0 spiro atoms. The second-order valence-electron chi connectivity index (χ2n) is 5.52. The summed E-state index contributed by atoms with van der Waals surface area (Å²) >= 11 is 0. The number of rotatable bonds is 4. The molecule has 1 saturated heterocycles. The molecule has 0 aromatic carbocycles. The summed E-state index contributed by atoms with van der Waals surface area (Å²) in [4.78, 5) is 11.0. The molecule has 1 aliphatic heterocycles. The fraction of sp³-hybridized carbons (Fsp3) is 0.917. The van der Waals surface area contributed by atoms with E-state index in [1.165, 1.54) is 0 Å². The molecule has 1 atom stereocenters. The van der Waals surface area contributed by atoms with E-state index in [-0.39, 0.29) is 5.41 Å². The molecule has 1 rings (SSSR count). The van der Waals surface area contributed by atoms with Crippen molar-refractivity contribution >= 4 is 5.97 Å². The van der Waals surface area contributed by atoms with Gasteiger partial charge in [0.1, 0.15) is 0 Å². The monoisotopic (exact) mass is 230 g/mol. The second-order valence-corrected chi connectivity index (χ2v) is 5.52. The quantitative estimate of drug-likeness (QED) is 0.805. The summed E-state index contributed by atoms with van der Waals surface area (Å²) in [7, 11) is 0. The zero-order chi connectivity index (χ0) is 12.4. The van der Waals surface area contributed by atoms with Crippen LogP contribution in [0, 0.1) is 11.3 Å². The Hall–Kier alpha value is -0.610. The lowest BCUT2D eigenvalue weighted by Crippen LogP contribution is -2.47. The van der Waals surface area contributed by atoms with Gasteiger partial charge in [-0.25, -0.2) is 0 Å². The van der Waals surface area contributed by atoms with Crippen LogP contribution in [0.25, 0.3) is 0 Å². The second kappa shape index (κ2) is 4.72. The van der Waals surface area contributed by atoms with E-state index >= 15 is 0 Å². The number of hydrogen-bond acceptors (Lipinski definition) is 3. The average molecular weight is 230 g/mol. The van der Waals surface area contributed by atoms with Gasteiger partial charge < -0.3 is 14.6 Å². The molecule has 0 bridgehead atoms. The van der Waals surface area contributed by atoms with E-state index in [9.17, 15) is 4.79 Å². The van der Waals surface area contributed by atoms with Gasteiger partial charge in [0.15, 0.2) is 5.79 Å². The van der Waals surface area contributed by atoms with Crippen molar-refractivity contribution in [3.05, 3.63) is 0 Å². The maximum absolute atomic E-state index is 11.0. The van der Waals surface area contributed by atoms with E-state index in [0.717, 1.165) is 0 Å². The highest BCUT2D eigenvalue weighted by molar-refractivity contribution is 5.69. The molecule has 1 heterocycles. The Balaban J connectivity index is 2.56. The zero-order valence-corrected chi connectivity index (χ0v) is 10.6. The van der Waals surface area contributed by atoms with Crippen LogP contribution in [0.4, 0.5) is 0 Å². The highest BCUT2D eigenvalue weighted by Gasteiger charge is 2.39. The minimum absolute atomic E-state index is 0.0183. The Morgan fingerprint density at radius 1 is 1.31 bits per heavy atom. The van der Waals surface area contributed by atoms with Crippen LogP contribution in [0.15, 0.2) is 0 Å². The average Bonchev–Trinajstić information content (AvgIpc) is 2.20. The highest BCUT2D eigenvalue weighted by Crippen LogP contribution is 2.33. The Morgan fingerprint density at radius 3 is 2.19 bits per heavy atom. The van der Waals surface area contributed by atoms with E-state index in [4.69, 9.17) is 14.6 Å². The van der Waals surface area contributed by atoms with Gasteiger partial charge in [-0.2, -0.15) is 0 Å². The molecule has 4 nitrogen and oxygen atoms in total. The van der Waals surface area contributed by atoms with Gasteiger partial charge in [0.2, 0.25) is 0 Å². The largest absolute Gasteiger partial charge is 0.481 e. The van der Waals surface area contributed by atoms with Crippen LogP contribution in [-0.4, -0.2) is 30.1 Å². The first-order valence-electron chi connectivity index (χ1n) is 5.79. The van der Waals surface area contributed by atoms with Crippen molar-refractivity contribution in [3.63, 3.8) is 0 Å². The van der Waals surface area contributed by atoms with Gasteiger partial charge in [-0.05, 0) is 13.3 Å². The summed E-state index contributed by atoms with van der Waals surface area (Å²) in [6.45, 7) is 9.06. The Morgan fingerprint density at radius 2 is 1.81 bits per heavy atom. The molecule has 1 fully saturated rings. The summed E-state index contributed by atoms with van der Waals surface area (Å²) in [5.74, 6) is -1.92. The molecular formula is C12H22O4. The van der Waals surface area contributed by atoms with E-state index in [0.29, 0.717) is 26.1 Å². The van der Waals surface area contributed by atoms with Crippen LogP contribution in [-0.2, 0) is 14.3 Å². The molecule has 1 unspecified atom stereocenters. The molecular weight excluding hydrogens is 208 g/mol. The topological polar surface area (TPSA) is 55.8 Å². The number of hydrogen-bond donors (Lipinski definition) is 1. The lowest BCUT2D eigenvalue weighted by molar-refractivity contribution is -0.295. The molecule has 0 aliphatic carbocycles. The molecule has 0 saturated carbocycles. The number of carboxylic acid groups (broad SMARTS) is 1. The molecule has 4 heteroatoms. The number of carboxylic acids is 1. The third-order valence-corrected chi connectivity index (χ3v) is 3.00. The van der Waals surface area contributed by atoms with Crippen LogP contribution in [0.5, 0.6) is 0 Å². The lowest BCUT2D eigenvalue weighted by Gasteiger charge is -2.42. The molecule has 0 aromatic heterocycles. The van der Waals surface area contributed by atoms with Crippen molar-refractivity contribution in [2.24, 2.45) is 11.3 Å². The van der Waals surface area contributed by atoms with Gasteiger partial charge in [-0.3, -0.25) is 4.79 Å². The van der Waals surface area contributed by atoms with Gasteiger partial charge in [0.25, 0.3) is 0 Å². The third kappa shape index (κ3) is 3.46. The zero-order valence-electron chi connectivity index (χ0n) is 10.6. The Bertz CT molecular complexity index is 250. The van der Waals surface area contributed by atoms with E-state index in [2.05, 4.69) is 13.8 Å². The minimum Gasteiger partial charge on any atom is -0.481 e. The first-order chi connectivity index (χ1) is 7.28. The van der Waals surface area contributed by atoms with Crippen molar-refractivity contribution in [1.29, 1.82) is 0 Å². The third-order valence-electron chi connectivity index (χ3n) is 3.00. The van der Waals surface area contributed by atoms with Gasteiger partial charge in [-0.1, -0.05) is 20.8 Å². The van der Waals surface area contributed by atoms with E-state index in [1.807, 2.05) is 13.8 Å². The van der Waals surface area contributed by atoms with Crippen molar-refractivity contribution in [3.8, 4) is 0 Å². The summed E-state index contributed by atoms with van der Waals surface area (Å²) in [6, 6.07) is 0. The Kier molecular flexibility index (Phi) is 3.97. The van der Waals surface area contributed by atoms with Gasteiger partial charge in [0.05, 0.1) is 19.1 Å². The standard InChI is InChI=1S/C12H22O4/c1-5-9(10(13)14)6-12(4)15-7-11(2,3)8-16-12/h9H,5-8H2,1-4H3,(H,13,14). The van der Waals surface area contributed by atoms with Crippen molar-refractivity contribution in [2.75, 3.05) is 13.2 Å². The van der Waals surface area contributed by atoms with Gasteiger partial charge in [0, 0.05) is 11.8 Å². The molecule has 1 aliphatic rings. The summed E-state index contributed by atoms with van der Waals surface area (Å²) in [5, 5.41) is 9.01. The van der Waals surface area contributed by atoms with Crippen LogP contribution in [0.1, 0.15) is 40.5 Å². The lowest BCUT2D eigenvalue weighted by atomic mass is 9.92. The predicted octanol–water partition coefficient (Wildman–Crippen LogP) is 2.28. The van der Waals surface area contributed by atoms with Crippen LogP contribution in [0.2, 0.25) is 0 Å². The van der Waals surface area contributed by atoms with Crippen LogP contribution >= 0.6 is 0 Å². The fourth-order valence-electron chi connectivity index (χ4n) is 1.75. The van der Waals surface area contributed by atoms with Crippen molar-refractivity contribution in [2.45, 2.75) is 46.3 Å². The fourth-order valence-corrected chi connectivity index (χ4v) is 1.75. The first-order valence-corrected chi connectivity index (χ1v) is 5.79. The molecule has 1 N–H and O–H groups in total.